The lowest BCUT2D eigenvalue weighted by molar-refractivity contribution is 0.101. The Balaban J connectivity index is 0.000000121. The van der Waals surface area contributed by atoms with Crippen LogP contribution in [0.25, 0.3) is 67.6 Å². The van der Waals surface area contributed by atoms with Gasteiger partial charge in [0.25, 0.3) is 11.8 Å². The minimum atomic E-state index is -0.199. The van der Waals surface area contributed by atoms with Gasteiger partial charge in [-0.15, -0.1) is 0 Å². The molecule has 0 spiro atoms. The summed E-state index contributed by atoms with van der Waals surface area (Å²) >= 11 is 12.0. The highest BCUT2D eigenvalue weighted by molar-refractivity contribution is 6.31. The van der Waals surface area contributed by atoms with Gasteiger partial charge in [-0.3, -0.25) is 14.3 Å². The average Bonchev–Trinajstić information content (AvgIpc) is 1.47. The van der Waals surface area contributed by atoms with Gasteiger partial charge in [-0.2, -0.15) is 25.5 Å². The molecule has 768 valence electrons. The number of amides is 2. The number of nitrogens with zero attached hydrogens (tertiary/aromatic N) is 18. The first-order valence-electron chi connectivity index (χ1n) is 53.6. The first-order chi connectivity index (χ1) is 73.6. The zero-order chi connectivity index (χ0) is 102. The van der Waals surface area contributed by atoms with E-state index in [4.69, 9.17) is 77.7 Å². The Bertz CT molecular complexity index is 7550. The summed E-state index contributed by atoms with van der Waals surface area (Å²) in [6.45, 7) is 21.5. The van der Waals surface area contributed by atoms with Crippen LogP contribution in [-0.4, -0.2) is 198 Å². The molecule has 18 aromatic rings. The summed E-state index contributed by atoms with van der Waals surface area (Å²) in [5, 5.41) is 31.0. The second-order valence-corrected chi connectivity index (χ2v) is 41.0. The number of methoxy groups -OCH3 is 1. The number of pyridine rings is 4. The van der Waals surface area contributed by atoms with Crippen molar-refractivity contribution in [2.45, 2.75) is 155 Å². The van der Waals surface area contributed by atoms with E-state index < -0.39 is 0 Å². The molecule has 14 heterocycles. The normalized spacial score (nSPS) is 14.5. The number of hydrogen-bond donors (Lipinski definition) is 2. The van der Waals surface area contributed by atoms with Crippen molar-refractivity contribution < 1.29 is 23.8 Å². The number of ether oxygens (including phenoxy) is 3. The average molecular weight is 2040 g/mol. The summed E-state index contributed by atoms with van der Waals surface area (Å²) in [6, 6.07) is 92.7. The highest BCUT2D eigenvalue weighted by Gasteiger charge is 2.25. The molecule has 9 aromatic heterocycles. The van der Waals surface area contributed by atoms with Crippen LogP contribution in [0.3, 0.4) is 0 Å². The Labute approximate surface area is 888 Å². The number of aryl methyl sites for hydroxylation is 4. The number of aromatic nitrogens is 14. The number of halogens is 2. The van der Waals surface area contributed by atoms with Gasteiger partial charge in [0.15, 0.2) is 57.4 Å². The highest BCUT2D eigenvalue weighted by Crippen LogP contribution is 2.39. The van der Waals surface area contributed by atoms with Gasteiger partial charge in [-0.05, 0) is 365 Å². The van der Waals surface area contributed by atoms with Crippen LogP contribution in [0.2, 0.25) is 10.0 Å². The Morgan fingerprint density at radius 1 is 0.367 bits per heavy atom. The molecule has 2 amide bonds. The standard InChI is InChI=1S/2C33H32ClN5O.C29H32N4O3.C28H36N6/c34-28-10-4-11-29(23-28)35-33(40)27-9-3-8-26(22-27)30-12-5-13-32-36-31(37-39(30)32)21-25-16-14-24(15-17-25)7-6-20-38-18-1-2-19-38;34-28-15-17-29(18-16-28)35-33(40)27-8-3-7-26(23-27)30-9-4-10-32-36-31(37-39(30)32)22-25-13-11-24(12-14-25)6-5-21-38-19-1-2-20-38;1-34-25-12-13-28-30-27(19-22-8-6-21(7-9-22)5-4-16-32-14-2-3-15-32)31-33(28)29(25)23-10-11-24-26(20-23)36-18-17-35-24;1-3-22(2)20-33-21-25(19-29-33)26-9-6-10-28-30-27(31-34(26)28)18-24-13-11-23(12-14-24)8-7-17-32-15-4-5-16-32/h3-5,8-17,22-23H,1-2,6-7,18-21H2,(H,35,40);3-4,7-18,23H,1-2,5-6,19-22H2,(H,35,40);6-13,20H,2-5,14-19H2,1H3;6,9-14,19,21-22H,3-5,7-8,15-18,20H2,1-2H3/t;;;22-/m...0/s1. The zero-order valence-corrected chi connectivity index (χ0v) is 87.6. The van der Waals surface area contributed by atoms with Gasteiger partial charge in [0.05, 0.1) is 30.4 Å². The molecule has 0 unspecified atom stereocenters. The largest absolute Gasteiger partial charge is 0.494 e. The molecular weight excluding hydrogens is 1910 g/mol. The van der Waals surface area contributed by atoms with Crippen LogP contribution in [0, 0.1) is 5.92 Å². The molecule has 150 heavy (non-hydrogen) atoms. The fourth-order valence-corrected chi connectivity index (χ4v) is 21.0. The number of fused-ring (bicyclic) bond motifs is 5. The second kappa shape index (κ2) is 50.2. The minimum Gasteiger partial charge on any atom is -0.494 e. The Morgan fingerprint density at radius 2 is 0.747 bits per heavy atom. The summed E-state index contributed by atoms with van der Waals surface area (Å²) in [5.74, 6) is 5.62. The topological polar surface area (TPSA) is 237 Å². The first kappa shape index (κ1) is 103. The lowest BCUT2D eigenvalue weighted by Crippen LogP contribution is -2.20. The van der Waals surface area contributed by atoms with E-state index in [-0.39, 0.29) is 11.8 Å². The number of carbonyl (C=O) groups is 2. The van der Waals surface area contributed by atoms with Gasteiger partial charge < -0.3 is 44.4 Å². The van der Waals surface area contributed by atoms with Crippen LogP contribution in [0.1, 0.15) is 186 Å². The predicted octanol–water partition coefficient (Wildman–Crippen LogP) is 23.9. The quantitative estimate of drug-likeness (QED) is 0.0371. The Kier molecular flexibility index (Phi) is 34.3. The molecule has 0 bridgehead atoms. The molecular formula is C123H132Cl2N20O5. The van der Waals surface area contributed by atoms with Crippen LogP contribution in [0.15, 0.2) is 291 Å². The van der Waals surface area contributed by atoms with E-state index in [0.29, 0.717) is 70.9 Å². The maximum atomic E-state index is 12.9. The minimum absolute atomic E-state index is 0.185. The molecule has 4 fully saturated rings. The van der Waals surface area contributed by atoms with Crippen molar-refractivity contribution in [1.82, 2.24) is 87.8 Å². The van der Waals surface area contributed by atoms with Crippen LogP contribution < -0.4 is 24.8 Å². The molecule has 23 rings (SSSR count). The van der Waals surface area contributed by atoms with Gasteiger partial charge >= 0.3 is 0 Å². The number of hydrogen-bond acceptors (Lipinski definition) is 18. The summed E-state index contributed by atoms with van der Waals surface area (Å²) in [4.78, 5) is 55.3. The number of carbonyl (C=O) groups excluding carboxylic acids is 2. The zero-order valence-electron chi connectivity index (χ0n) is 86.1. The van der Waals surface area contributed by atoms with E-state index in [1.807, 2.05) is 156 Å². The maximum absolute atomic E-state index is 12.9. The summed E-state index contributed by atoms with van der Waals surface area (Å²) in [5.41, 5.74) is 23.5. The third-order valence-corrected chi connectivity index (χ3v) is 29.5. The van der Waals surface area contributed by atoms with Crippen molar-refractivity contribution in [2.24, 2.45) is 5.92 Å². The summed E-state index contributed by atoms with van der Waals surface area (Å²) in [6.07, 6.45) is 28.2. The molecule has 9 aromatic carbocycles. The van der Waals surface area contributed by atoms with E-state index in [1.54, 1.807) is 55.6 Å². The van der Waals surface area contributed by atoms with Crippen molar-refractivity contribution in [2.75, 3.05) is 109 Å². The molecule has 0 aliphatic carbocycles. The molecule has 27 heteroatoms. The smallest absolute Gasteiger partial charge is 0.255 e. The molecule has 4 saturated heterocycles. The maximum Gasteiger partial charge on any atom is 0.255 e. The van der Waals surface area contributed by atoms with Crippen molar-refractivity contribution >= 4 is 69.0 Å². The molecule has 0 saturated carbocycles. The van der Waals surface area contributed by atoms with Crippen molar-refractivity contribution in [3.63, 3.8) is 0 Å². The Morgan fingerprint density at radius 3 is 1.16 bits per heavy atom. The third kappa shape index (κ3) is 27.2. The van der Waals surface area contributed by atoms with Crippen LogP contribution in [0.4, 0.5) is 11.4 Å². The van der Waals surface area contributed by atoms with Crippen LogP contribution in [-0.2, 0) is 57.9 Å². The molecule has 1 atom stereocenters. The van der Waals surface area contributed by atoms with Crippen molar-refractivity contribution in [3.05, 3.63) is 380 Å². The first-order valence-corrected chi connectivity index (χ1v) is 54.4. The fraction of sp³-hybridized carbons (Fsp3) is 0.325. The monoisotopic (exact) mass is 2040 g/mol. The van der Waals surface area contributed by atoms with Gasteiger partial charge in [-0.1, -0.05) is 189 Å². The highest BCUT2D eigenvalue weighted by atomic mass is 35.5. The van der Waals surface area contributed by atoms with Gasteiger partial charge in [0.1, 0.15) is 24.7 Å². The fourth-order valence-electron chi connectivity index (χ4n) is 20.7. The van der Waals surface area contributed by atoms with Gasteiger partial charge in [0.2, 0.25) is 0 Å². The van der Waals surface area contributed by atoms with E-state index >= 15 is 0 Å². The number of anilines is 2. The number of likely N-dealkylation sites (tertiary alicyclic amines) is 4. The van der Waals surface area contributed by atoms with Crippen LogP contribution >= 0.6 is 23.2 Å². The number of rotatable bonds is 36. The molecule has 25 nitrogen and oxygen atoms in total. The lowest BCUT2D eigenvalue weighted by Gasteiger charge is -2.19. The predicted molar refractivity (Wildman–Crippen MR) is 598 cm³/mol. The third-order valence-electron chi connectivity index (χ3n) is 29.0. The Hall–Kier alpha value is -14.6. The summed E-state index contributed by atoms with van der Waals surface area (Å²) in [7, 11) is 1.67. The molecule has 5 aliphatic heterocycles. The van der Waals surface area contributed by atoms with E-state index in [1.165, 1.54) is 200 Å². The SMILES string of the molecule is CC[C@H](C)Cn1cc(-c2cccc3nc(Cc4ccc(CCCN5CCCC5)cc4)nn23)cn1.COc1ccc2nc(Cc3ccc(CCCN4CCCC4)cc3)nn2c1-c1ccc2c(c1)OCCO2.O=C(Nc1ccc(Cl)cc1)c1cccc(-c2cccc3nc(Cc4ccc(CCCN5CCCC5)cc4)nn23)c1.O=C(Nc1cccc(Cl)c1)c1cccc(-c2cccc3nc(Cc4ccc(CCCN5CCCC5)cc4)nn23)c1. The van der Waals surface area contributed by atoms with Crippen LogP contribution in [0.5, 0.6) is 17.2 Å². The van der Waals surface area contributed by atoms with Crippen molar-refractivity contribution in [3.8, 4) is 62.3 Å². The van der Waals surface area contributed by atoms with E-state index in [2.05, 4.69) is 159 Å². The molecule has 0 radical (unpaired) electrons. The molecule has 5 aliphatic rings. The van der Waals surface area contributed by atoms with Gasteiger partial charge in [-0.25, -0.2) is 38.0 Å². The van der Waals surface area contributed by atoms with E-state index in [0.717, 1.165) is 153 Å². The van der Waals surface area contributed by atoms with Crippen molar-refractivity contribution in [1.29, 1.82) is 0 Å². The van der Waals surface area contributed by atoms with E-state index in [9.17, 15) is 9.59 Å². The second-order valence-electron chi connectivity index (χ2n) is 40.2. The number of benzene rings is 9. The molecule has 2 N–H and O–H groups in total. The summed E-state index contributed by atoms with van der Waals surface area (Å²) < 4.78 is 26.8. The van der Waals surface area contributed by atoms with Gasteiger partial charge in [0, 0.05) is 93.2 Å². The lowest BCUT2D eigenvalue weighted by atomic mass is 10.1. The number of nitrogens with one attached hydrogen (secondary N) is 2.